The first-order valence-corrected chi connectivity index (χ1v) is 10.9. The molecule has 1 aromatic carbocycles. The van der Waals surface area contributed by atoms with Crippen LogP contribution in [-0.2, 0) is 18.6 Å². The van der Waals surface area contributed by atoms with Gasteiger partial charge in [-0.1, -0.05) is 58.2 Å². The number of hydrogen-bond donors (Lipinski definition) is 0. The summed E-state index contributed by atoms with van der Waals surface area (Å²) in [5.74, 6) is 0. The highest BCUT2D eigenvalue weighted by Crippen LogP contribution is 2.52. The Morgan fingerprint density at radius 1 is 0.833 bits per heavy atom. The van der Waals surface area contributed by atoms with Crippen molar-refractivity contribution in [3.63, 3.8) is 0 Å². The first-order valence-electron chi connectivity index (χ1n) is 9.22. The lowest BCUT2D eigenvalue weighted by molar-refractivity contribution is -0.0967. The molecule has 0 fully saturated rings. The fourth-order valence-corrected chi connectivity index (χ4v) is 4.24. The van der Waals surface area contributed by atoms with Crippen molar-refractivity contribution in [1.29, 1.82) is 0 Å². The molecule has 1 aromatic rings. The monoisotopic (exact) mass is 356 g/mol. The van der Waals surface area contributed by atoms with Crippen molar-refractivity contribution in [2.45, 2.75) is 65.3 Å². The van der Waals surface area contributed by atoms with E-state index < -0.39 is 13.4 Å². The number of rotatable bonds is 14. The Labute approximate surface area is 147 Å². The average Bonchev–Trinajstić information content (AvgIpc) is 2.61. The van der Waals surface area contributed by atoms with Crippen LogP contribution in [0.1, 0.15) is 59.3 Å². The summed E-state index contributed by atoms with van der Waals surface area (Å²) in [6.45, 7) is 7.80. The van der Waals surface area contributed by atoms with E-state index in [4.69, 9.17) is 14.0 Å². The van der Waals surface area contributed by atoms with E-state index in [9.17, 15) is 4.57 Å². The predicted molar refractivity (Wildman–Crippen MR) is 100 cm³/mol. The van der Waals surface area contributed by atoms with Gasteiger partial charge in [-0.05, 0) is 31.4 Å². The van der Waals surface area contributed by atoms with Gasteiger partial charge in [0.15, 0.2) is 0 Å². The van der Waals surface area contributed by atoms with E-state index in [1.807, 2.05) is 30.3 Å². The van der Waals surface area contributed by atoms with Gasteiger partial charge in [-0.25, -0.2) is 0 Å². The molecule has 0 N–H and O–H groups in total. The van der Waals surface area contributed by atoms with E-state index in [-0.39, 0.29) is 0 Å². The van der Waals surface area contributed by atoms with Crippen LogP contribution >= 0.6 is 7.37 Å². The highest BCUT2D eigenvalue weighted by Gasteiger charge is 2.38. The lowest BCUT2D eigenvalue weighted by Crippen LogP contribution is -2.26. The summed E-state index contributed by atoms with van der Waals surface area (Å²) in [5.41, 5.74) is 0. The van der Waals surface area contributed by atoms with Crippen molar-refractivity contribution >= 4 is 12.7 Å². The molecule has 1 unspecified atom stereocenters. The van der Waals surface area contributed by atoms with Gasteiger partial charge in [0.05, 0.1) is 19.8 Å². The number of hydrogen-bond acceptors (Lipinski definition) is 4. The Kier molecular flexibility index (Phi) is 11.3. The standard InChI is InChI=1S/C19H33O4P/c1-4-7-15-21-19(22-16-8-5-2)24(20,23-17-9-6-3)18-13-11-10-12-14-18/h10-14,19H,4-9,15-17H2,1-3H3. The van der Waals surface area contributed by atoms with Gasteiger partial charge in [0.1, 0.15) is 0 Å². The van der Waals surface area contributed by atoms with Crippen molar-refractivity contribution in [2.24, 2.45) is 0 Å². The summed E-state index contributed by atoms with van der Waals surface area (Å²) in [4.78, 5) is 0. The second-order valence-electron chi connectivity index (χ2n) is 5.88. The molecular weight excluding hydrogens is 323 g/mol. The largest absolute Gasteiger partial charge is 0.344 e. The molecule has 0 saturated carbocycles. The molecule has 0 aliphatic heterocycles. The Hall–Kier alpha value is -0.670. The maximum Gasteiger partial charge on any atom is 0.286 e. The molecule has 138 valence electrons. The van der Waals surface area contributed by atoms with Crippen LogP contribution in [-0.4, -0.2) is 25.9 Å². The maximum absolute atomic E-state index is 13.7. The smallest absolute Gasteiger partial charge is 0.286 e. The molecule has 4 nitrogen and oxygen atoms in total. The summed E-state index contributed by atoms with van der Waals surface area (Å²) in [5, 5.41) is 0.666. The Morgan fingerprint density at radius 3 is 1.83 bits per heavy atom. The van der Waals surface area contributed by atoms with Gasteiger partial charge in [-0.3, -0.25) is 4.57 Å². The molecule has 0 aliphatic carbocycles. The third-order valence-electron chi connectivity index (χ3n) is 3.69. The van der Waals surface area contributed by atoms with Crippen LogP contribution in [0.25, 0.3) is 0 Å². The van der Waals surface area contributed by atoms with Crippen LogP contribution in [0.5, 0.6) is 0 Å². The quantitative estimate of drug-likeness (QED) is 0.257. The van der Waals surface area contributed by atoms with E-state index in [0.29, 0.717) is 25.1 Å². The van der Waals surface area contributed by atoms with Gasteiger partial charge in [0.25, 0.3) is 7.37 Å². The van der Waals surface area contributed by atoms with Crippen molar-refractivity contribution in [1.82, 2.24) is 0 Å². The molecule has 0 aromatic heterocycles. The number of unbranched alkanes of at least 4 members (excludes halogenated alkanes) is 3. The molecule has 1 atom stereocenters. The first kappa shape index (κ1) is 21.4. The lowest BCUT2D eigenvalue weighted by Gasteiger charge is -2.28. The van der Waals surface area contributed by atoms with Crippen molar-refractivity contribution < 1.29 is 18.6 Å². The predicted octanol–water partition coefficient (Wildman–Crippen LogP) is 5.32. The van der Waals surface area contributed by atoms with Crippen LogP contribution in [0.3, 0.4) is 0 Å². The topological polar surface area (TPSA) is 44.8 Å². The number of ether oxygens (including phenoxy) is 2. The third-order valence-corrected chi connectivity index (χ3v) is 6.13. The van der Waals surface area contributed by atoms with Crippen LogP contribution in [0, 0.1) is 0 Å². The van der Waals surface area contributed by atoms with Crippen molar-refractivity contribution in [3.8, 4) is 0 Å². The minimum Gasteiger partial charge on any atom is -0.344 e. The van der Waals surface area contributed by atoms with E-state index in [2.05, 4.69) is 20.8 Å². The van der Waals surface area contributed by atoms with E-state index in [0.717, 1.165) is 38.5 Å². The van der Waals surface area contributed by atoms with Crippen molar-refractivity contribution in [3.05, 3.63) is 30.3 Å². The van der Waals surface area contributed by atoms with E-state index >= 15 is 0 Å². The zero-order chi connectivity index (χ0) is 17.7. The second kappa shape index (κ2) is 12.7. The van der Waals surface area contributed by atoms with Crippen LogP contribution in [0.4, 0.5) is 0 Å². The highest BCUT2D eigenvalue weighted by molar-refractivity contribution is 7.67. The molecule has 1 rings (SSSR count). The van der Waals surface area contributed by atoms with Crippen LogP contribution in [0.2, 0.25) is 0 Å². The lowest BCUT2D eigenvalue weighted by atomic mass is 10.4. The molecule has 0 spiro atoms. The molecule has 0 heterocycles. The zero-order valence-electron chi connectivity index (χ0n) is 15.4. The van der Waals surface area contributed by atoms with Crippen molar-refractivity contribution in [2.75, 3.05) is 19.8 Å². The number of benzene rings is 1. The molecule has 0 aliphatic rings. The first-order chi connectivity index (χ1) is 11.7. The summed E-state index contributed by atoms with van der Waals surface area (Å²) < 4.78 is 31.3. The SMILES string of the molecule is CCCCOC(OCCCC)P(=O)(OCCCC)c1ccccc1. The normalized spacial score (nSPS) is 14.0. The molecule has 0 bridgehead atoms. The maximum atomic E-state index is 13.7. The van der Waals surface area contributed by atoms with Gasteiger partial charge in [-0.15, -0.1) is 0 Å². The minimum absolute atomic E-state index is 0.452. The summed E-state index contributed by atoms with van der Waals surface area (Å²) >= 11 is 0. The third kappa shape index (κ3) is 7.06. The minimum atomic E-state index is -3.24. The molecular formula is C19H33O4P. The highest BCUT2D eigenvalue weighted by atomic mass is 31.2. The van der Waals surface area contributed by atoms with E-state index in [1.165, 1.54) is 0 Å². The fraction of sp³-hybridized carbons (Fsp3) is 0.684. The Bertz CT molecular complexity index is 454. The summed E-state index contributed by atoms with van der Waals surface area (Å²) in [7, 11) is -3.24. The molecule has 24 heavy (non-hydrogen) atoms. The molecule has 0 saturated heterocycles. The van der Waals surface area contributed by atoms with Crippen LogP contribution in [0.15, 0.2) is 30.3 Å². The second-order valence-corrected chi connectivity index (χ2v) is 8.27. The zero-order valence-corrected chi connectivity index (χ0v) is 16.3. The molecule has 0 radical (unpaired) electrons. The summed E-state index contributed by atoms with van der Waals surface area (Å²) in [6, 6.07) is 8.51. The Morgan fingerprint density at radius 2 is 1.33 bits per heavy atom. The van der Waals surface area contributed by atoms with Gasteiger partial charge < -0.3 is 14.0 Å². The summed E-state index contributed by atoms with van der Waals surface area (Å²) in [6.07, 6.45) is 5.73. The van der Waals surface area contributed by atoms with Gasteiger partial charge in [0.2, 0.25) is 6.03 Å². The fourth-order valence-electron chi connectivity index (χ4n) is 2.14. The van der Waals surface area contributed by atoms with Gasteiger partial charge in [0, 0.05) is 5.30 Å². The Balaban J connectivity index is 2.96. The van der Waals surface area contributed by atoms with Crippen LogP contribution < -0.4 is 5.30 Å². The molecule has 0 amide bonds. The molecule has 5 heteroatoms. The van der Waals surface area contributed by atoms with Gasteiger partial charge in [-0.2, -0.15) is 0 Å². The van der Waals surface area contributed by atoms with E-state index in [1.54, 1.807) is 0 Å². The average molecular weight is 356 g/mol. The van der Waals surface area contributed by atoms with Gasteiger partial charge >= 0.3 is 0 Å².